The second kappa shape index (κ2) is 6.36. The number of hydrogen-bond acceptors (Lipinski definition) is 2. The van der Waals surface area contributed by atoms with Crippen molar-refractivity contribution in [2.75, 3.05) is 20.6 Å². The second-order valence-electron chi connectivity index (χ2n) is 3.89. The Morgan fingerprint density at radius 3 is 2.29 bits per heavy atom. The molecule has 0 aliphatic heterocycles. The number of carbonyl (C=O) groups is 2. The maximum atomic E-state index is 11.6. The van der Waals surface area contributed by atoms with Gasteiger partial charge in [-0.05, 0) is 24.3 Å². The lowest BCUT2D eigenvalue weighted by Gasteiger charge is -2.09. The molecule has 0 aromatic heterocycles. The van der Waals surface area contributed by atoms with Gasteiger partial charge in [-0.15, -0.1) is 0 Å². The van der Waals surface area contributed by atoms with Gasteiger partial charge in [-0.2, -0.15) is 0 Å². The monoisotopic (exact) mass is 300 g/mol. The fraction of sp³-hybridized carbons (Fsp3) is 0.273. The normalized spacial score (nSPS) is 10.1. The second-order valence-corrected chi connectivity index (χ2v) is 4.81. The average molecular weight is 301 g/mol. The number of likely N-dealkylation sites (N-methyl/N-ethyl adjacent to an activating group) is 1. The molecule has 0 spiro atoms. The highest BCUT2D eigenvalue weighted by Crippen LogP contribution is 2.09. The van der Waals surface area contributed by atoms with E-state index in [1.807, 2.05) is 14.1 Å². The predicted octanol–water partition coefficient (Wildman–Crippen LogP) is -0.645. The van der Waals surface area contributed by atoms with Crippen molar-refractivity contribution in [3.8, 4) is 0 Å². The molecule has 3 N–H and O–H groups in total. The third-order valence-corrected chi connectivity index (χ3v) is 2.46. The van der Waals surface area contributed by atoms with Crippen molar-refractivity contribution in [1.29, 1.82) is 0 Å². The first kappa shape index (κ1) is 13.7. The summed E-state index contributed by atoms with van der Waals surface area (Å²) in [5.74, 6) is -0.560. The Morgan fingerprint density at radius 2 is 1.76 bits per heavy atom. The third kappa shape index (κ3) is 4.97. The van der Waals surface area contributed by atoms with Crippen LogP contribution in [0.25, 0.3) is 0 Å². The maximum Gasteiger partial charge on any atom is 0.293 e. The molecule has 0 unspecified atom stereocenters. The van der Waals surface area contributed by atoms with Gasteiger partial charge in [0.05, 0.1) is 14.1 Å². The van der Waals surface area contributed by atoms with Crippen molar-refractivity contribution in [2.45, 2.75) is 0 Å². The van der Waals surface area contributed by atoms with E-state index in [9.17, 15) is 9.59 Å². The Bertz CT molecular complexity index is 404. The first-order chi connectivity index (χ1) is 7.99. The van der Waals surface area contributed by atoms with Gasteiger partial charge in [-0.3, -0.25) is 20.4 Å². The molecule has 0 aliphatic carbocycles. The summed E-state index contributed by atoms with van der Waals surface area (Å²) in [6, 6.07) is 6.87. The summed E-state index contributed by atoms with van der Waals surface area (Å²) in [7, 11) is 3.71. The maximum absolute atomic E-state index is 11.6. The Hall–Kier alpha value is -1.40. The van der Waals surface area contributed by atoms with Crippen molar-refractivity contribution in [3.05, 3.63) is 34.3 Å². The zero-order valence-corrected chi connectivity index (χ0v) is 11.3. The van der Waals surface area contributed by atoms with Gasteiger partial charge in [-0.25, -0.2) is 0 Å². The van der Waals surface area contributed by atoms with E-state index in [0.717, 1.165) is 9.37 Å². The van der Waals surface area contributed by atoms with Crippen LogP contribution >= 0.6 is 15.9 Å². The summed E-state index contributed by atoms with van der Waals surface area (Å²) in [5, 5.41) is 0. The largest absolute Gasteiger partial charge is 0.332 e. The Balaban J connectivity index is 2.45. The van der Waals surface area contributed by atoms with Crippen LogP contribution in [0, 0.1) is 0 Å². The lowest BCUT2D eigenvalue weighted by Crippen LogP contribution is -3.07. The van der Waals surface area contributed by atoms with Crippen LogP contribution in [0.1, 0.15) is 10.4 Å². The average Bonchev–Trinajstić information content (AvgIpc) is 2.26. The molecule has 0 saturated carbocycles. The van der Waals surface area contributed by atoms with Gasteiger partial charge in [0.1, 0.15) is 0 Å². The minimum absolute atomic E-state index is 0.226. The van der Waals surface area contributed by atoms with Gasteiger partial charge in [0.2, 0.25) is 0 Å². The molecule has 0 heterocycles. The molecule has 0 atom stereocenters. The number of halogens is 1. The fourth-order valence-electron chi connectivity index (χ4n) is 1.17. The molecule has 0 radical (unpaired) electrons. The van der Waals surface area contributed by atoms with Crippen LogP contribution in [0.4, 0.5) is 0 Å². The van der Waals surface area contributed by atoms with E-state index < -0.39 is 0 Å². The lowest BCUT2D eigenvalue weighted by atomic mass is 10.2. The third-order valence-electron chi connectivity index (χ3n) is 1.94. The van der Waals surface area contributed by atoms with Crippen LogP contribution in [-0.2, 0) is 4.79 Å². The van der Waals surface area contributed by atoms with Crippen LogP contribution < -0.4 is 15.8 Å². The van der Waals surface area contributed by atoms with E-state index in [2.05, 4.69) is 26.8 Å². The van der Waals surface area contributed by atoms with Gasteiger partial charge in [0.15, 0.2) is 6.54 Å². The molecule has 2 amide bonds. The van der Waals surface area contributed by atoms with Gasteiger partial charge < -0.3 is 4.90 Å². The highest BCUT2D eigenvalue weighted by molar-refractivity contribution is 9.10. The predicted molar refractivity (Wildman–Crippen MR) is 67.4 cm³/mol. The van der Waals surface area contributed by atoms with Gasteiger partial charge in [0, 0.05) is 10.0 Å². The van der Waals surface area contributed by atoms with E-state index in [1.54, 1.807) is 24.3 Å². The number of rotatable bonds is 3. The van der Waals surface area contributed by atoms with Crippen molar-refractivity contribution < 1.29 is 14.5 Å². The summed E-state index contributed by atoms with van der Waals surface area (Å²) in [6.45, 7) is 0.306. The van der Waals surface area contributed by atoms with E-state index in [1.165, 1.54) is 0 Å². The molecular formula is C11H15BrN3O2+. The molecule has 0 bridgehead atoms. The van der Waals surface area contributed by atoms with Crippen molar-refractivity contribution in [2.24, 2.45) is 0 Å². The number of hydrazine groups is 1. The summed E-state index contributed by atoms with van der Waals surface area (Å²) >= 11 is 3.28. The summed E-state index contributed by atoms with van der Waals surface area (Å²) in [5.41, 5.74) is 5.20. The zero-order chi connectivity index (χ0) is 12.8. The minimum Gasteiger partial charge on any atom is -0.332 e. The number of hydrogen-bond donors (Lipinski definition) is 3. The van der Waals surface area contributed by atoms with Gasteiger partial charge in [-0.1, -0.05) is 15.9 Å². The van der Waals surface area contributed by atoms with E-state index in [4.69, 9.17) is 0 Å². The molecule has 1 aromatic carbocycles. The quantitative estimate of drug-likeness (QED) is 0.650. The van der Waals surface area contributed by atoms with E-state index in [0.29, 0.717) is 12.1 Å². The number of amides is 2. The van der Waals surface area contributed by atoms with Crippen LogP contribution in [0.2, 0.25) is 0 Å². The fourth-order valence-corrected chi connectivity index (χ4v) is 1.43. The summed E-state index contributed by atoms with van der Waals surface area (Å²) in [6.07, 6.45) is 0. The molecular weight excluding hydrogens is 286 g/mol. The number of nitrogens with one attached hydrogen (secondary N) is 3. The first-order valence-electron chi connectivity index (χ1n) is 5.13. The zero-order valence-electron chi connectivity index (χ0n) is 9.71. The molecule has 1 aromatic rings. The molecule has 0 fully saturated rings. The van der Waals surface area contributed by atoms with Gasteiger partial charge in [0.25, 0.3) is 11.8 Å². The molecule has 1 rings (SSSR count). The van der Waals surface area contributed by atoms with E-state index in [-0.39, 0.29) is 11.8 Å². The first-order valence-corrected chi connectivity index (χ1v) is 5.92. The Morgan fingerprint density at radius 1 is 1.18 bits per heavy atom. The van der Waals surface area contributed by atoms with Crippen LogP contribution in [0.15, 0.2) is 28.7 Å². The number of quaternary nitrogens is 1. The molecule has 6 heteroatoms. The van der Waals surface area contributed by atoms with Gasteiger partial charge >= 0.3 is 0 Å². The van der Waals surface area contributed by atoms with Crippen LogP contribution in [0.3, 0.4) is 0 Å². The smallest absolute Gasteiger partial charge is 0.293 e. The molecule has 5 nitrogen and oxygen atoms in total. The van der Waals surface area contributed by atoms with Crippen LogP contribution in [0.5, 0.6) is 0 Å². The Kier molecular flexibility index (Phi) is 5.11. The number of carbonyl (C=O) groups excluding carboxylic acids is 2. The molecule has 0 aliphatic rings. The van der Waals surface area contributed by atoms with E-state index >= 15 is 0 Å². The van der Waals surface area contributed by atoms with Crippen molar-refractivity contribution in [1.82, 2.24) is 10.9 Å². The SMILES string of the molecule is C[NH+](C)CC(=O)NNC(=O)c1ccc(Br)cc1. The van der Waals surface area contributed by atoms with Crippen molar-refractivity contribution in [3.63, 3.8) is 0 Å². The standard InChI is InChI=1S/C11H14BrN3O2/c1-15(2)7-10(16)13-14-11(17)8-3-5-9(12)6-4-8/h3-6H,7H2,1-2H3,(H,13,16)(H,14,17)/p+1. The highest BCUT2D eigenvalue weighted by Gasteiger charge is 2.08. The minimum atomic E-state index is -0.334. The number of benzene rings is 1. The molecule has 92 valence electrons. The summed E-state index contributed by atoms with van der Waals surface area (Å²) in [4.78, 5) is 23.9. The highest BCUT2D eigenvalue weighted by atomic mass is 79.9. The lowest BCUT2D eigenvalue weighted by molar-refractivity contribution is -0.849. The topological polar surface area (TPSA) is 62.6 Å². The molecule has 17 heavy (non-hydrogen) atoms. The van der Waals surface area contributed by atoms with Crippen LogP contribution in [-0.4, -0.2) is 32.5 Å². The van der Waals surface area contributed by atoms with Crippen molar-refractivity contribution >= 4 is 27.7 Å². The molecule has 0 saturated heterocycles. The summed E-state index contributed by atoms with van der Waals surface area (Å²) < 4.78 is 0.897. The Labute approximate surface area is 108 Å².